The Morgan fingerprint density at radius 2 is 1.46 bits per heavy atom. The van der Waals surface area contributed by atoms with Gasteiger partial charge in [-0.2, -0.15) is 0 Å². The molecule has 15 heteroatoms. The molecule has 0 radical (unpaired) electrons. The topological polar surface area (TPSA) is 253 Å². The van der Waals surface area contributed by atoms with Crippen molar-refractivity contribution in [3.63, 3.8) is 0 Å². The lowest BCUT2D eigenvalue weighted by atomic mass is 10.0. The molecule has 2 aromatic heterocycles. The van der Waals surface area contributed by atoms with Crippen molar-refractivity contribution in [3.8, 4) is 5.75 Å². The molecule has 4 rings (SSSR count). The van der Waals surface area contributed by atoms with Crippen LogP contribution in [0, 0.1) is 0 Å². The predicted molar refractivity (Wildman–Crippen MR) is 164 cm³/mol. The molecule has 0 saturated heterocycles. The van der Waals surface area contributed by atoms with E-state index in [1.54, 1.807) is 6.20 Å². The van der Waals surface area contributed by atoms with Gasteiger partial charge < -0.3 is 47.0 Å². The Morgan fingerprint density at radius 3 is 2.11 bits per heavy atom. The highest BCUT2D eigenvalue weighted by Gasteiger charge is 2.31. The predicted octanol–water partition coefficient (Wildman–Crippen LogP) is 0.356. The second-order valence-electron chi connectivity index (χ2n) is 10.8. The molecule has 15 nitrogen and oxygen atoms in total. The van der Waals surface area contributed by atoms with Crippen LogP contribution in [0.25, 0.3) is 10.9 Å². The summed E-state index contributed by atoms with van der Waals surface area (Å²) in [4.78, 5) is 73.0. The van der Waals surface area contributed by atoms with Gasteiger partial charge in [0, 0.05) is 48.3 Å². The number of para-hydroxylation sites is 1. The largest absolute Gasteiger partial charge is 0.508 e. The third kappa shape index (κ3) is 9.15. The molecule has 46 heavy (non-hydrogen) atoms. The Hall–Kier alpha value is -5.70. The molecule has 4 unspecified atom stereocenters. The maximum Gasteiger partial charge on any atom is 0.326 e. The molecule has 0 aliphatic rings. The first-order valence-corrected chi connectivity index (χ1v) is 14.4. The lowest BCUT2D eigenvalue weighted by molar-refractivity contribution is -0.143. The van der Waals surface area contributed by atoms with Gasteiger partial charge in [-0.15, -0.1) is 0 Å². The minimum absolute atomic E-state index is 0.0280. The average molecular weight is 634 g/mol. The quantitative estimate of drug-likeness (QED) is 0.0818. The van der Waals surface area contributed by atoms with Gasteiger partial charge in [0.2, 0.25) is 17.7 Å². The second kappa shape index (κ2) is 15.3. The van der Waals surface area contributed by atoms with Crippen LogP contribution >= 0.6 is 0 Å². The smallest absolute Gasteiger partial charge is 0.326 e. The highest BCUT2D eigenvalue weighted by molar-refractivity contribution is 5.94. The summed E-state index contributed by atoms with van der Waals surface area (Å²) >= 11 is 0. The first kappa shape index (κ1) is 33.2. The van der Waals surface area contributed by atoms with Gasteiger partial charge in [0.05, 0.1) is 12.4 Å². The number of carbonyl (C=O) groups excluding carboxylic acids is 3. The van der Waals surface area contributed by atoms with Crippen LogP contribution in [0.5, 0.6) is 5.75 Å². The van der Waals surface area contributed by atoms with Crippen molar-refractivity contribution < 1.29 is 39.3 Å². The fourth-order valence-electron chi connectivity index (χ4n) is 4.88. The molecule has 4 atom stereocenters. The van der Waals surface area contributed by atoms with E-state index in [2.05, 4.69) is 30.9 Å². The van der Waals surface area contributed by atoms with Gasteiger partial charge in [-0.1, -0.05) is 30.3 Å². The summed E-state index contributed by atoms with van der Waals surface area (Å²) in [5.41, 5.74) is 8.98. The number of H-pyrrole nitrogens is 2. The fourth-order valence-corrected chi connectivity index (χ4v) is 4.88. The number of phenolic OH excluding ortho intramolecular Hbond substituents is 1. The summed E-state index contributed by atoms with van der Waals surface area (Å²) in [6, 6.07) is 8.22. The molecule has 4 aromatic rings. The van der Waals surface area contributed by atoms with E-state index in [1.165, 1.54) is 36.8 Å². The number of imidazole rings is 1. The maximum absolute atomic E-state index is 13.7. The molecular weight excluding hydrogens is 598 g/mol. The summed E-state index contributed by atoms with van der Waals surface area (Å²) in [6.07, 6.45) is 3.76. The minimum Gasteiger partial charge on any atom is -0.508 e. The van der Waals surface area contributed by atoms with E-state index in [0.29, 0.717) is 11.3 Å². The molecule has 0 bridgehead atoms. The fraction of sp³-hybridized carbons (Fsp3) is 0.290. The SMILES string of the molecule is NC(Cc1c[nH]c2ccccc12)C(=O)NC(Cc1cnc[nH]1)C(=O)NC(Cc1ccc(O)cc1)C(=O)NC(CCC(=O)O)C(=O)O. The lowest BCUT2D eigenvalue weighted by Gasteiger charge is -2.25. The van der Waals surface area contributed by atoms with Crippen LogP contribution in [-0.4, -0.2) is 84.1 Å². The number of aliphatic carboxylic acids is 2. The van der Waals surface area contributed by atoms with Crippen molar-refractivity contribution in [1.29, 1.82) is 0 Å². The van der Waals surface area contributed by atoms with Crippen molar-refractivity contribution in [2.24, 2.45) is 5.73 Å². The third-order valence-corrected chi connectivity index (χ3v) is 7.33. The number of aromatic nitrogens is 3. The molecule has 0 spiro atoms. The zero-order valence-electron chi connectivity index (χ0n) is 24.6. The summed E-state index contributed by atoms with van der Waals surface area (Å²) in [5.74, 6) is -4.99. The highest BCUT2D eigenvalue weighted by atomic mass is 16.4. The first-order chi connectivity index (χ1) is 22.0. The van der Waals surface area contributed by atoms with Crippen molar-refractivity contribution in [1.82, 2.24) is 30.9 Å². The van der Waals surface area contributed by atoms with E-state index in [9.17, 15) is 34.2 Å². The van der Waals surface area contributed by atoms with Crippen LogP contribution < -0.4 is 21.7 Å². The molecule has 0 aliphatic heterocycles. The number of nitrogens with two attached hydrogens (primary N) is 1. The number of carbonyl (C=O) groups is 5. The Labute approximate surface area is 262 Å². The standard InChI is InChI=1S/C31H35N7O8/c32-22(12-18-14-34-23-4-2-1-3-21(18)23)28(42)37-26(13-19-15-33-16-35-19)30(44)38-25(11-17-5-7-20(39)8-6-17)29(43)36-24(31(45)46)9-10-27(40)41/h1-8,14-16,22,24-26,34,39H,9-13,32H2,(H,33,35)(H,36,43)(H,37,42)(H,38,44)(H,40,41)(H,45,46). The van der Waals surface area contributed by atoms with Gasteiger partial charge in [0.25, 0.3) is 0 Å². The number of fused-ring (bicyclic) bond motifs is 1. The maximum atomic E-state index is 13.7. The number of benzene rings is 2. The van der Waals surface area contributed by atoms with Gasteiger partial charge in [-0.05, 0) is 42.2 Å². The summed E-state index contributed by atoms with van der Waals surface area (Å²) < 4.78 is 0. The monoisotopic (exact) mass is 633 g/mol. The minimum atomic E-state index is -1.54. The molecule has 2 aromatic carbocycles. The number of carboxylic acids is 2. The van der Waals surface area contributed by atoms with Gasteiger partial charge >= 0.3 is 11.9 Å². The van der Waals surface area contributed by atoms with E-state index < -0.39 is 60.2 Å². The molecule has 2 heterocycles. The van der Waals surface area contributed by atoms with Gasteiger partial charge in [-0.25, -0.2) is 9.78 Å². The normalized spacial score (nSPS) is 13.7. The number of carboxylic acid groups (broad SMARTS) is 2. The number of aromatic amines is 2. The molecule has 3 amide bonds. The Kier molecular flexibility index (Phi) is 11.1. The zero-order valence-corrected chi connectivity index (χ0v) is 24.6. The third-order valence-electron chi connectivity index (χ3n) is 7.33. The van der Waals surface area contributed by atoms with Crippen LogP contribution in [0.3, 0.4) is 0 Å². The number of hydrogen-bond donors (Lipinski definition) is 9. The Morgan fingerprint density at radius 1 is 0.804 bits per heavy atom. The van der Waals surface area contributed by atoms with Crippen molar-refractivity contribution in [3.05, 3.63) is 84.1 Å². The number of hydrogen-bond acceptors (Lipinski definition) is 8. The molecule has 0 saturated carbocycles. The number of nitrogens with one attached hydrogen (secondary N) is 5. The van der Waals surface area contributed by atoms with E-state index in [0.717, 1.165) is 16.5 Å². The molecule has 10 N–H and O–H groups in total. The Bertz CT molecular complexity index is 1670. The molecule has 0 aliphatic carbocycles. The van der Waals surface area contributed by atoms with E-state index >= 15 is 0 Å². The molecule has 0 fully saturated rings. The second-order valence-corrected chi connectivity index (χ2v) is 10.8. The average Bonchev–Trinajstić information content (AvgIpc) is 3.69. The first-order valence-electron chi connectivity index (χ1n) is 14.4. The van der Waals surface area contributed by atoms with Crippen LogP contribution in [0.1, 0.15) is 29.7 Å². The van der Waals surface area contributed by atoms with Crippen molar-refractivity contribution in [2.75, 3.05) is 0 Å². The van der Waals surface area contributed by atoms with Crippen LogP contribution in [0.15, 0.2) is 67.3 Å². The zero-order chi connectivity index (χ0) is 33.2. The van der Waals surface area contributed by atoms with Crippen molar-refractivity contribution >= 4 is 40.6 Å². The Balaban J connectivity index is 1.53. The van der Waals surface area contributed by atoms with E-state index in [4.69, 9.17) is 10.8 Å². The molecular formula is C31H35N7O8. The number of amides is 3. The lowest BCUT2D eigenvalue weighted by Crippen LogP contribution is -2.58. The highest BCUT2D eigenvalue weighted by Crippen LogP contribution is 2.19. The van der Waals surface area contributed by atoms with Gasteiger partial charge in [-0.3, -0.25) is 19.2 Å². The van der Waals surface area contributed by atoms with Gasteiger partial charge in [0.1, 0.15) is 23.9 Å². The summed E-state index contributed by atoms with van der Waals surface area (Å²) in [5, 5.41) is 36.7. The number of phenols is 1. The summed E-state index contributed by atoms with van der Waals surface area (Å²) in [7, 11) is 0. The van der Waals surface area contributed by atoms with E-state index in [1.807, 2.05) is 24.3 Å². The van der Waals surface area contributed by atoms with E-state index in [-0.39, 0.29) is 31.4 Å². The number of nitrogens with zero attached hydrogens (tertiary/aromatic N) is 1. The number of aromatic hydroxyl groups is 1. The summed E-state index contributed by atoms with van der Waals surface area (Å²) in [6.45, 7) is 0. The number of rotatable bonds is 16. The van der Waals surface area contributed by atoms with Crippen LogP contribution in [0.2, 0.25) is 0 Å². The van der Waals surface area contributed by atoms with Crippen molar-refractivity contribution in [2.45, 2.75) is 56.3 Å². The van der Waals surface area contributed by atoms with Crippen LogP contribution in [-0.2, 0) is 43.2 Å². The van der Waals surface area contributed by atoms with Gasteiger partial charge in [0.15, 0.2) is 0 Å². The molecule has 242 valence electrons. The van der Waals surface area contributed by atoms with Crippen LogP contribution in [0.4, 0.5) is 0 Å².